The van der Waals surface area contributed by atoms with Crippen molar-refractivity contribution in [3.05, 3.63) is 36.5 Å². The second-order valence-electron chi connectivity index (χ2n) is 11.8. The van der Waals surface area contributed by atoms with Crippen molar-refractivity contribution in [2.24, 2.45) is 0 Å². The summed E-state index contributed by atoms with van der Waals surface area (Å²) in [6, 6.07) is 0. The van der Waals surface area contributed by atoms with Crippen LogP contribution in [0.15, 0.2) is 36.5 Å². The normalized spacial score (nSPS) is 32.4. The van der Waals surface area contributed by atoms with E-state index >= 15 is 0 Å². The first-order valence-electron chi connectivity index (χ1n) is 16.6. The molecule has 2 saturated heterocycles. The number of aliphatic hydroxyl groups excluding tert-OH is 8. The van der Waals surface area contributed by atoms with Crippen molar-refractivity contribution in [2.45, 2.75) is 139 Å². The summed E-state index contributed by atoms with van der Waals surface area (Å²) < 4.78 is 26.7. The summed E-state index contributed by atoms with van der Waals surface area (Å²) in [5, 5.41) is 80.7. The van der Waals surface area contributed by atoms with Crippen LogP contribution in [0.25, 0.3) is 0 Å². The van der Waals surface area contributed by atoms with Gasteiger partial charge in [-0.2, -0.15) is 0 Å². The minimum atomic E-state index is -1.78. The predicted octanol–water partition coefficient (Wildman–Crippen LogP) is 0.121. The number of unbranched alkanes of at least 4 members (excludes halogenated alkanes) is 5. The van der Waals surface area contributed by atoms with Crippen molar-refractivity contribution in [3.63, 3.8) is 0 Å². The number of esters is 1. The van der Waals surface area contributed by atoms with Gasteiger partial charge in [-0.05, 0) is 38.5 Å². The van der Waals surface area contributed by atoms with Gasteiger partial charge in [0.2, 0.25) is 0 Å². The first kappa shape index (κ1) is 41.4. The number of allylic oxidation sites excluding steroid dienone is 6. The maximum Gasteiger partial charge on any atom is 0.305 e. The third-order valence-electron chi connectivity index (χ3n) is 7.88. The molecule has 0 saturated carbocycles. The van der Waals surface area contributed by atoms with Crippen molar-refractivity contribution in [1.82, 2.24) is 0 Å². The lowest BCUT2D eigenvalue weighted by Crippen LogP contribution is -2.64. The van der Waals surface area contributed by atoms with Gasteiger partial charge in [0, 0.05) is 6.42 Å². The molecule has 11 atom stereocenters. The molecule has 0 spiro atoms. The second kappa shape index (κ2) is 23.5. The molecule has 8 N–H and O–H groups in total. The third kappa shape index (κ3) is 14.7. The molecule has 272 valence electrons. The smallest absolute Gasteiger partial charge is 0.305 e. The van der Waals surface area contributed by atoms with Crippen LogP contribution in [0.2, 0.25) is 0 Å². The van der Waals surface area contributed by atoms with Gasteiger partial charge in [0.05, 0.1) is 19.8 Å². The molecule has 47 heavy (non-hydrogen) atoms. The van der Waals surface area contributed by atoms with Crippen LogP contribution in [0.4, 0.5) is 0 Å². The summed E-state index contributed by atoms with van der Waals surface area (Å²) in [7, 11) is 0. The van der Waals surface area contributed by atoms with E-state index in [-0.39, 0.29) is 13.0 Å². The zero-order valence-electron chi connectivity index (χ0n) is 27.2. The Hall–Kier alpha value is -1.79. The lowest BCUT2D eigenvalue weighted by atomic mass is 9.97. The van der Waals surface area contributed by atoms with Crippen LogP contribution in [0, 0.1) is 0 Å². The van der Waals surface area contributed by atoms with Crippen molar-refractivity contribution >= 4 is 5.97 Å². The minimum absolute atomic E-state index is 0.220. The fraction of sp³-hybridized carbons (Fsp3) is 0.788. The van der Waals surface area contributed by atoms with E-state index in [1.165, 1.54) is 0 Å². The Labute approximate surface area is 276 Å². The van der Waals surface area contributed by atoms with Crippen molar-refractivity contribution in [1.29, 1.82) is 0 Å². The van der Waals surface area contributed by atoms with E-state index in [0.717, 1.165) is 51.4 Å². The molecule has 0 aromatic heterocycles. The molecule has 0 bridgehead atoms. The molecule has 14 nitrogen and oxygen atoms in total. The summed E-state index contributed by atoms with van der Waals surface area (Å²) in [5.41, 5.74) is 0. The Kier molecular flexibility index (Phi) is 20.7. The van der Waals surface area contributed by atoms with Crippen molar-refractivity contribution < 1.29 is 69.3 Å². The van der Waals surface area contributed by atoms with Gasteiger partial charge in [-0.1, -0.05) is 62.6 Å². The second-order valence-corrected chi connectivity index (χ2v) is 11.8. The topological polar surface area (TPSA) is 225 Å². The summed E-state index contributed by atoms with van der Waals surface area (Å²) >= 11 is 0. The van der Waals surface area contributed by atoms with Gasteiger partial charge < -0.3 is 64.5 Å². The number of ether oxygens (including phenoxy) is 5. The Balaban J connectivity index is 1.60. The highest BCUT2D eigenvalue weighted by Crippen LogP contribution is 2.29. The summed E-state index contributed by atoms with van der Waals surface area (Å²) in [6.07, 6.45) is 4.93. The fourth-order valence-corrected chi connectivity index (χ4v) is 5.10. The van der Waals surface area contributed by atoms with E-state index in [0.29, 0.717) is 6.42 Å². The molecule has 2 aliphatic heterocycles. The molecule has 2 heterocycles. The van der Waals surface area contributed by atoms with Crippen LogP contribution in [0.5, 0.6) is 0 Å². The van der Waals surface area contributed by atoms with Gasteiger partial charge >= 0.3 is 5.97 Å². The van der Waals surface area contributed by atoms with Gasteiger partial charge in [0.1, 0.15) is 61.5 Å². The number of hydrogen-bond acceptors (Lipinski definition) is 14. The Morgan fingerprint density at radius 2 is 1.30 bits per heavy atom. The number of hydrogen-bond donors (Lipinski definition) is 8. The molecule has 0 aromatic rings. The largest absolute Gasteiger partial charge is 0.463 e. The lowest BCUT2D eigenvalue weighted by Gasteiger charge is -2.46. The van der Waals surface area contributed by atoms with E-state index in [1.54, 1.807) is 0 Å². The number of rotatable bonds is 22. The van der Waals surface area contributed by atoms with Crippen LogP contribution in [0.1, 0.15) is 71.1 Å². The maximum atomic E-state index is 12.1. The average molecular weight is 677 g/mol. The van der Waals surface area contributed by atoms with Crippen LogP contribution in [-0.4, -0.2) is 141 Å². The van der Waals surface area contributed by atoms with E-state index in [9.17, 15) is 45.6 Å². The molecular formula is C33H56O14. The zero-order valence-corrected chi connectivity index (χ0v) is 27.2. The van der Waals surface area contributed by atoms with Crippen LogP contribution in [0.3, 0.4) is 0 Å². The third-order valence-corrected chi connectivity index (χ3v) is 7.88. The molecule has 0 amide bonds. The van der Waals surface area contributed by atoms with E-state index in [1.807, 2.05) is 0 Å². The van der Waals surface area contributed by atoms with Gasteiger partial charge in [0.25, 0.3) is 0 Å². The quantitative estimate of drug-likeness (QED) is 0.0433. The zero-order chi connectivity index (χ0) is 34.6. The molecule has 2 aliphatic rings. The maximum absolute atomic E-state index is 12.1. The number of aliphatic hydroxyl groups is 8. The molecule has 1 unspecified atom stereocenters. The van der Waals surface area contributed by atoms with Crippen LogP contribution < -0.4 is 0 Å². The number of carbonyl (C=O) groups is 1. The van der Waals surface area contributed by atoms with E-state index < -0.39 is 93.3 Å². The average Bonchev–Trinajstić information content (AvgIpc) is 3.07. The minimum Gasteiger partial charge on any atom is -0.463 e. The summed E-state index contributed by atoms with van der Waals surface area (Å²) in [4.78, 5) is 12.1. The van der Waals surface area contributed by atoms with Crippen molar-refractivity contribution in [3.8, 4) is 0 Å². The van der Waals surface area contributed by atoms with Crippen LogP contribution >= 0.6 is 0 Å². The van der Waals surface area contributed by atoms with Gasteiger partial charge in [-0.3, -0.25) is 4.79 Å². The Morgan fingerprint density at radius 1 is 0.702 bits per heavy atom. The first-order chi connectivity index (χ1) is 22.6. The van der Waals surface area contributed by atoms with E-state index in [4.69, 9.17) is 23.7 Å². The summed E-state index contributed by atoms with van der Waals surface area (Å²) in [5.74, 6) is -0.455. The Bertz CT molecular complexity index is 925. The van der Waals surface area contributed by atoms with Gasteiger partial charge in [-0.25, -0.2) is 0 Å². The monoisotopic (exact) mass is 676 g/mol. The number of carbonyl (C=O) groups excluding carboxylic acids is 1. The van der Waals surface area contributed by atoms with Crippen molar-refractivity contribution in [2.75, 3.05) is 26.4 Å². The summed E-state index contributed by atoms with van der Waals surface area (Å²) in [6.45, 7) is -0.0946. The highest BCUT2D eigenvalue weighted by atomic mass is 16.7. The Morgan fingerprint density at radius 3 is 1.98 bits per heavy atom. The molecule has 0 aliphatic carbocycles. The lowest BCUT2D eigenvalue weighted by molar-refractivity contribution is -0.360. The molecular weight excluding hydrogens is 620 g/mol. The predicted molar refractivity (Wildman–Crippen MR) is 169 cm³/mol. The molecule has 0 radical (unpaired) electrons. The molecule has 2 rings (SSSR count). The van der Waals surface area contributed by atoms with E-state index in [2.05, 4.69) is 43.4 Å². The highest BCUT2D eigenvalue weighted by molar-refractivity contribution is 5.69. The van der Waals surface area contributed by atoms with Gasteiger partial charge in [-0.15, -0.1) is 0 Å². The van der Waals surface area contributed by atoms with Crippen LogP contribution in [-0.2, 0) is 28.5 Å². The molecule has 2 fully saturated rings. The SMILES string of the molecule is CC/C=C\C/C=C\C/C=C\CCCCCCCC(=O)OCC(O)CO[C@@H]1O[C@H](CO)[C@H](O[C@H]2O[C@H](CO)[C@H](O)[C@H](O)[C@H]2O)[C@H](O)[C@H]1O. The standard InChI is InChI=1S/C33H56O14/c1-2-3-4-5-6-7-8-9-10-11-12-13-14-15-16-17-25(37)43-20-22(36)21-44-32-30(42)28(40)31(24(19-35)46-32)47-33-29(41)27(39)26(38)23(18-34)45-33/h3-4,6-7,9-10,22-24,26-36,38-42H,2,5,8,11-21H2,1H3/b4-3-,7-6-,10-9-/t22?,23-,24-,26+,27+,28-,29-,30-,31+,32-,33-/m1/s1. The first-order valence-corrected chi connectivity index (χ1v) is 16.6. The van der Waals surface area contributed by atoms with Gasteiger partial charge in [0.15, 0.2) is 12.6 Å². The highest BCUT2D eigenvalue weighted by Gasteiger charge is 2.50. The fourth-order valence-electron chi connectivity index (χ4n) is 5.10. The molecule has 14 heteroatoms. The molecule has 0 aromatic carbocycles.